The van der Waals surface area contributed by atoms with Crippen LogP contribution in [0.2, 0.25) is 38.8 Å². The van der Waals surface area contributed by atoms with E-state index in [9.17, 15) is 10.2 Å². The van der Waals surface area contributed by atoms with Crippen LogP contribution in [0, 0.1) is 0 Å². The number of hydrogen-bond acceptors (Lipinski definition) is 3. The number of benzene rings is 2. The van der Waals surface area contributed by atoms with Gasteiger partial charge in [0.2, 0.25) is 0 Å². The first kappa shape index (κ1) is 24.5. The zero-order valence-corrected chi connectivity index (χ0v) is 20.5. The van der Waals surface area contributed by atoms with Crippen molar-refractivity contribution in [2.75, 3.05) is 0 Å². The molecule has 0 spiro atoms. The summed E-state index contributed by atoms with van der Waals surface area (Å²) in [6, 6.07) is 16.2. The summed E-state index contributed by atoms with van der Waals surface area (Å²) in [6.07, 6.45) is 4.09. The quantitative estimate of drug-likeness (QED) is 0.467. The molecule has 0 aliphatic heterocycles. The molecule has 2 aromatic carbocycles. The standard InChI is InChI=1S/C14H26O2Si2.C9H12O/c1-17(2,3)16-18(4,5)12-8-10-13-9-6-7-11-14(13)15;1-2-5-8-6-3-4-7-9(8)10/h6-7,9,11,15H,8,10,12H2,1-5H3;3-4,6-7,10H,2,5H2,1H3. The van der Waals surface area contributed by atoms with Gasteiger partial charge in [0.25, 0.3) is 0 Å². The molecule has 156 valence electrons. The molecule has 5 heteroatoms. The van der Waals surface area contributed by atoms with Crippen molar-refractivity contribution in [3.8, 4) is 11.5 Å². The van der Waals surface area contributed by atoms with Gasteiger partial charge in [-0.3, -0.25) is 0 Å². The number of rotatable bonds is 8. The zero-order chi connectivity index (χ0) is 21.2. The lowest BCUT2D eigenvalue weighted by molar-refractivity contribution is 0.467. The Morgan fingerprint density at radius 2 is 1.21 bits per heavy atom. The van der Waals surface area contributed by atoms with Crippen molar-refractivity contribution in [3.63, 3.8) is 0 Å². The Balaban J connectivity index is 0.000000330. The highest BCUT2D eigenvalue weighted by Crippen LogP contribution is 2.23. The van der Waals surface area contributed by atoms with Crippen molar-refractivity contribution < 1.29 is 14.3 Å². The fourth-order valence-electron chi connectivity index (χ4n) is 3.30. The third-order valence-corrected chi connectivity index (χ3v) is 10.5. The molecule has 0 heterocycles. The predicted molar refractivity (Wildman–Crippen MR) is 125 cm³/mol. The normalized spacial score (nSPS) is 11.6. The molecule has 0 aromatic heterocycles. The second kappa shape index (κ2) is 11.4. The molecule has 0 saturated heterocycles. The molecule has 0 atom stereocenters. The summed E-state index contributed by atoms with van der Waals surface area (Å²) in [7, 11) is -2.95. The molecule has 0 fully saturated rings. The van der Waals surface area contributed by atoms with Crippen LogP contribution >= 0.6 is 0 Å². The Morgan fingerprint density at radius 3 is 1.64 bits per heavy atom. The molecular weight excluding hydrogens is 380 g/mol. The second-order valence-electron chi connectivity index (χ2n) is 8.84. The van der Waals surface area contributed by atoms with Crippen LogP contribution in [0.5, 0.6) is 11.5 Å². The molecular formula is C23H38O3Si2. The van der Waals surface area contributed by atoms with E-state index in [0.717, 1.165) is 42.9 Å². The van der Waals surface area contributed by atoms with Crippen LogP contribution in [0.15, 0.2) is 48.5 Å². The van der Waals surface area contributed by atoms with Crippen LogP contribution in [0.25, 0.3) is 0 Å². The molecule has 0 amide bonds. The van der Waals surface area contributed by atoms with Crippen LogP contribution in [0.4, 0.5) is 0 Å². The van der Waals surface area contributed by atoms with Crippen LogP contribution < -0.4 is 0 Å². The van der Waals surface area contributed by atoms with E-state index in [1.165, 1.54) is 0 Å². The van der Waals surface area contributed by atoms with Crippen LogP contribution in [-0.4, -0.2) is 26.8 Å². The highest BCUT2D eigenvalue weighted by molar-refractivity contribution is 6.84. The van der Waals surface area contributed by atoms with E-state index >= 15 is 0 Å². The Bertz CT molecular complexity index is 709. The summed E-state index contributed by atoms with van der Waals surface area (Å²) in [5.74, 6) is 0.840. The number of hydrogen-bond donors (Lipinski definition) is 2. The lowest BCUT2D eigenvalue weighted by atomic mass is 10.1. The first-order valence-corrected chi connectivity index (χ1v) is 16.8. The Hall–Kier alpha value is -1.57. The number of aryl methyl sites for hydroxylation is 2. The lowest BCUT2D eigenvalue weighted by Crippen LogP contribution is -2.42. The molecule has 0 bridgehead atoms. The molecule has 0 aliphatic carbocycles. The number of phenolic OH excluding ortho intramolecular Hbond substituents is 2. The monoisotopic (exact) mass is 418 g/mol. The maximum atomic E-state index is 9.71. The van der Waals surface area contributed by atoms with Gasteiger partial charge in [-0.1, -0.05) is 49.7 Å². The molecule has 0 unspecified atom stereocenters. The van der Waals surface area contributed by atoms with Crippen molar-refractivity contribution in [1.82, 2.24) is 0 Å². The summed E-state index contributed by atoms with van der Waals surface area (Å²) in [6.45, 7) is 13.5. The second-order valence-corrected chi connectivity index (χ2v) is 17.9. The van der Waals surface area contributed by atoms with Crippen LogP contribution in [-0.2, 0) is 17.0 Å². The van der Waals surface area contributed by atoms with Gasteiger partial charge >= 0.3 is 0 Å². The van der Waals surface area contributed by atoms with Gasteiger partial charge in [0.05, 0.1) is 0 Å². The van der Waals surface area contributed by atoms with Gasteiger partial charge in [-0.05, 0) is 81.3 Å². The Morgan fingerprint density at radius 1 is 0.750 bits per heavy atom. The Labute approximate surface area is 173 Å². The fourth-order valence-corrected chi connectivity index (χ4v) is 11.4. The predicted octanol–water partition coefficient (Wildman–Crippen LogP) is 6.73. The number of phenols is 2. The van der Waals surface area contributed by atoms with Gasteiger partial charge in [-0.25, -0.2) is 0 Å². The van der Waals surface area contributed by atoms with E-state index in [4.69, 9.17) is 4.12 Å². The maximum absolute atomic E-state index is 9.71. The van der Waals surface area contributed by atoms with Crippen LogP contribution in [0.1, 0.15) is 30.9 Å². The molecule has 28 heavy (non-hydrogen) atoms. The molecule has 0 saturated carbocycles. The van der Waals surface area contributed by atoms with Gasteiger partial charge in [-0.2, -0.15) is 0 Å². The third kappa shape index (κ3) is 10.1. The van der Waals surface area contributed by atoms with Gasteiger partial charge < -0.3 is 14.3 Å². The highest BCUT2D eigenvalue weighted by atomic mass is 28.4. The van der Waals surface area contributed by atoms with E-state index in [2.05, 4.69) is 39.7 Å². The minimum absolute atomic E-state index is 0.420. The van der Waals surface area contributed by atoms with E-state index in [1.54, 1.807) is 12.1 Å². The maximum Gasteiger partial charge on any atom is 0.173 e. The summed E-state index contributed by atoms with van der Waals surface area (Å²) >= 11 is 0. The van der Waals surface area contributed by atoms with Gasteiger partial charge in [-0.15, -0.1) is 0 Å². The molecule has 2 aromatic rings. The Kier molecular flexibility index (Phi) is 10.00. The third-order valence-electron chi connectivity index (χ3n) is 4.31. The van der Waals surface area contributed by atoms with Crippen molar-refractivity contribution in [2.45, 2.75) is 71.4 Å². The van der Waals surface area contributed by atoms with Crippen molar-refractivity contribution in [2.24, 2.45) is 0 Å². The first-order valence-electron chi connectivity index (χ1n) is 10.3. The van der Waals surface area contributed by atoms with E-state index < -0.39 is 16.6 Å². The molecule has 2 N–H and O–H groups in total. The van der Waals surface area contributed by atoms with Gasteiger partial charge in [0, 0.05) is 0 Å². The SMILES string of the molecule is CCCc1ccccc1O.C[Si](C)(C)O[Si](C)(C)CCCc1ccccc1O. The minimum atomic E-state index is -1.53. The average molecular weight is 419 g/mol. The summed E-state index contributed by atoms with van der Waals surface area (Å²) in [5.41, 5.74) is 2.10. The lowest BCUT2D eigenvalue weighted by Gasteiger charge is -2.31. The smallest absolute Gasteiger partial charge is 0.173 e. The molecule has 3 nitrogen and oxygen atoms in total. The average Bonchev–Trinajstić information content (AvgIpc) is 2.57. The highest BCUT2D eigenvalue weighted by Gasteiger charge is 2.28. The van der Waals surface area contributed by atoms with Gasteiger partial charge in [0.1, 0.15) is 11.5 Å². The minimum Gasteiger partial charge on any atom is -0.508 e. The molecule has 2 rings (SSSR count). The largest absolute Gasteiger partial charge is 0.508 e. The summed E-state index contributed by atoms with van der Waals surface area (Å²) in [5, 5.41) is 19.0. The summed E-state index contributed by atoms with van der Waals surface area (Å²) in [4.78, 5) is 0. The summed E-state index contributed by atoms with van der Waals surface area (Å²) < 4.78 is 6.31. The van der Waals surface area contributed by atoms with Crippen molar-refractivity contribution >= 4 is 16.6 Å². The van der Waals surface area contributed by atoms with Gasteiger partial charge in [0.15, 0.2) is 16.6 Å². The molecule has 0 aliphatic rings. The van der Waals surface area contributed by atoms with Crippen LogP contribution in [0.3, 0.4) is 0 Å². The van der Waals surface area contributed by atoms with E-state index in [-0.39, 0.29) is 0 Å². The zero-order valence-electron chi connectivity index (χ0n) is 18.5. The number of para-hydroxylation sites is 2. The van der Waals surface area contributed by atoms with E-state index in [1.807, 2.05) is 36.4 Å². The van der Waals surface area contributed by atoms with E-state index in [0.29, 0.717) is 11.5 Å². The topological polar surface area (TPSA) is 49.7 Å². The van der Waals surface area contributed by atoms with Crippen molar-refractivity contribution in [3.05, 3.63) is 59.7 Å². The fraction of sp³-hybridized carbons (Fsp3) is 0.478. The molecule has 0 radical (unpaired) electrons. The first-order chi connectivity index (χ1) is 13.0. The van der Waals surface area contributed by atoms with Crippen molar-refractivity contribution in [1.29, 1.82) is 0 Å². The number of aromatic hydroxyl groups is 2.